The number of aryl methyl sites for hydroxylation is 2. The second-order valence-electron chi connectivity index (χ2n) is 7.84. The van der Waals surface area contributed by atoms with Crippen LogP contribution in [0.1, 0.15) is 38.9 Å². The van der Waals surface area contributed by atoms with Crippen molar-refractivity contribution in [1.29, 1.82) is 0 Å². The van der Waals surface area contributed by atoms with Crippen LogP contribution in [0.2, 0.25) is 0 Å². The molecular formula is C24H27N3O3. The van der Waals surface area contributed by atoms with Gasteiger partial charge in [-0.25, -0.2) is 0 Å². The average Bonchev–Trinajstić information content (AvgIpc) is 3.31. The Morgan fingerprint density at radius 1 is 1.13 bits per heavy atom. The fourth-order valence-corrected chi connectivity index (χ4v) is 4.24. The molecule has 0 unspecified atom stereocenters. The fraction of sp³-hybridized carbons (Fsp3) is 0.333. The molecule has 1 N–H and O–H groups in total. The van der Waals surface area contributed by atoms with Gasteiger partial charge >= 0.3 is 0 Å². The van der Waals surface area contributed by atoms with Crippen LogP contribution in [0.15, 0.2) is 59.1 Å². The minimum absolute atomic E-state index is 0.0108. The lowest BCUT2D eigenvalue weighted by molar-refractivity contribution is 0.0933. The number of hydrogen-bond acceptors (Lipinski definition) is 5. The van der Waals surface area contributed by atoms with Crippen LogP contribution < -0.4 is 10.1 Å². The molecule has 3 aromatic rings. The standard InChI is InChI=1S/C24H27N3O3/c1-16-23(17(2)30-26-16)24(28)25-22-15-27(13-18-7-5-4-6-8-18)14-21(22)19-9-11-20(29-3)12-10-19/h4-12,21-22H,13-15H2,1-3H3,(H,25,28)/t21-,22+/m1/s1. The van der Waals surface area contributed by atoms with Crippen molar-refractivity contribution in [2.75, 3.05) is 20.2 Å². The Hall–Kier alpha value is -3.12. The molecule has 156 valence electrons. The van der Waals surface area contributed by atoms with Crippen molar-refractivity contribution in [3.05, 3.63) is 82.7 Å². The van der Waals surface area contributed by atoms with E-state index < -0.39 is 0 Å². The Labute approximate surface area is 176 Å². The number of methoxy groups -OCH3 is 1. The molecule has 2 heterocycles. The maximum absolute atomic E-state index is 13.0. The van der Waals surface area contributed by atoms with Gasteiger partial charge in [0.05, 0.1) is 12.8 Å². The molecule has 6 heteroatoms. The SMILES string of the molecule is COc1ccc([C@H]2CN(Cc3ccccc3)C[C@@H]2NC(=O)c2c(C)noc2C)cc1. The minimum atomic E-state index is -0.128. The number of nitrogens with zero attached hydrogens (tertiary/aromatic N) is 2. The highest BCUT2D eigenvalue weighted by molar-refractivity contribution is 5.96. The van der Waals surface area contributed by atoms with Crippen LogP contribution in [-0.2, 0) is 6.54 Å². The highest BCUT2D eigenvalue weighted by Gasteiger charge is 2.35. The van der Waals surface area contributed by atoms with Crippen LogP contribution in [0.4, 0.5) is 0 Å². The molecule has 0 spiro atoms. The first-order valence-electron chi connectivity index (χ1n) is 10.2. The minimum Gasteiger partial charge on any atom is -0.497 e. The molecule has 6 nitrogen and oxygen atoms in total. The maximum atomic E-state index is 13.0. The zero-order valence-corrected chi connectivity index (χ0v) is 17.6. The number of nitrogens with one attached hydrogen (secondary N) is 1. The summed E-state index contributed by atoms with van der Waals surface area (Å²) in [5.74, 6) is 1.43. The molecule has 1 amide bonds. The highest BCUT2D eigenvalue weighted by Crippen LogP contribution is 2.30. The first kappa shape index (κ1) is 20.2. The lowest BCUT2D eigenvalue weighted by Crippen LogP contribution is -2.40. The van der Waals surface area contributed by atoms with E-state index in [1.807, 2.05) is 18.2 Å². The summed E-state index contributed by atoms with van der Waals surface area (Å²) < 4.78 is 10.5. The first-order chi connectivity index (χ1) is 14.5. The van der Waals surface area contributed by atoms with Crippen LogP contribution in [0.25, 0.3) is 0 Å². The molecule has 2 aromatic carbocycles. The molecule has 1 fully saturated rings. The molecule has 0 aliphatic carbocycles. The summed E-state index contributed by atoms with van der Waals surface area (Å²) in [4.78, 5) is 15.4. The van der Waals surface area contributed by atoms with Crippen LogP contribution >= 0.6 is 0 Å². The molecule has 0 saturated carbocycles. The Kier molecular flexibility index (Phi) is 5.86. The number of rotatable bonds is 6. The maximum Gasteiger partial charge on any atom is 0.257 e. The molecule has 0 bridgehead atoms. The number of amides is 1. The Bertz CT molecular complexity index is 979. The number of benzene rings is 2. The van der Waals surface area contributed by atoms with E-state index in [9.17, 15) is 4.79 Å². The zero-order chi connectivity index (χ0) is 21.1. The predicted molar refractivity (Wildman–Crippen MR) is 115 cm³/mol. The van der Waals surface area contributed by atoms with Crippen LogP contribution in [0.5, 0.6) is 5.75 Å². The number of likely N-dealkylation sites (tertiary alicyclic amines) is 1. The summed E-state index contributed by atoms with van der Waals surface area (Å²) in [5, 5.41) is 7.16. The molecular weight excluding hydrogens is 378 g/mol. The molecule has 1 aliphatic heterocycles. The van der Waals surface area contributed by atoms with E-state index in [-0.39, 0.29) is 17.9 Å². The van der Waals surface area contributed by atoms with Crippen molar-refractivity contribution >= 4 is 5.91 Å². The second-order valence-corrected chi connectivity index (χ2v) is 7.84. The normalized spacial score (nSPS) is 19.0. The second kappa shape index (κ2) is 8.71. The van der Waals surface area contributed by atoms with Crippen LogP contribution in [0, 0.1) is 13.8 Å². The summed E-state index contributed by atoms with van der Waals surface area (Å²) >= 11 is 0. The van der Waals surface area contributed by atoms with Gasteiger partial charge in [-0.3, -0.25) is 9.69 Å². The summed E-state index contributed by atoms with van der Waals surface area (Å²) in [7, 11) is 1.67. The van der Waals surface area contributed by atoms with Crippen molar-refractivity contribution in [3.63, 3.8) is 0 Å². The van der Waals surface area contributed by atoms with Gasteiger partial charge < -0.3 is 14.6 Å². The third-order valence-corrected chi connectivity index (χ3v) is 5.77. The third-order valence-electron chi connectivity index (χ3n) is 5.77. The van der Waals surface area contributed by atoms with E-state index in [1.165, 1.54) is 11.1 Å². The molecule has 4 rings (SSSR count). The van der Waals surface area contributed by atoms with Crippen molar-refractivity contribution in [1.82, 2.24) is 15.4 Å². The zero-order valence-electron chi connectivity index (χ0n) is 17.6. The monoisotopic (exact) mass is 405 g/mol. The van der Waals surface area contributed by atoms with Gasteiger partial charge in [0, 0.05) is 31.6 Å². The van der Waals surface area contributed by atoms with Gasteiger partial charge in [-0.2, -0.15) is 0 Å². The van der Waals surface area contributed by atoms with E-state index in [0.717, 1.165) is 25.4 Å². The van der Waals surface area contributed by atoms with E-state index in [1.54, 1.807) is 21.0 Å². The quantitative estimate of drug-likeness (QED) is 0.677. The van der Waals surface area contributed by atoms with E-state index in [2.05, 4.69) is 51.8 Å². The largest absolute Gasteiger partial charge is 0.497 e. The van der Waals surface area contributed by atoms with E-state index in [4.69, 9.17) is 9.26 Å². The molecule has 1 saturated heterocycles. The Morgan fingerprint density at radius 3 is 2.50 bits per heavy atom. The lowest BCUT2D eigenvalue weighted by atomic mass is 9.94. The molecule has 2 atom stereocenters. The van der Waals surface area contributed by atoms with E-state index in [0.29, 0.717) is 17.0 Å². The van der Waals surface area contributed by atoms with Crippen molar-refractivity contribution < 1.29 is 14.1 Å². The van der Waals surface area contributed by atoms with Crippen LogP contribution in [-0.4, -0.2) is 42.2 Å². The van der Waals surface area contributed by atoms with Gasteiger partial charge in [0.15, 0.2) is 0 Å². The van der Waals surface area contributed by atoms with E-state index >= 15 is 0 Å². The van der Waals surface area contributed by atoms with Gasteiger partial charge in [-0.1, -0.05) is 47.6 Å². The number of hydrogen-bond donors (Lipinski definition) is 1. The molecule has 30 heavy (non-hydrogen) atoms. The van der Waals surface area contributed by atoms with Gasteiger partial charge in [-0.05, 0) is 37.1 Å². The van der Waals surface area contributed by atoms with Gasteiger partial charge in [0.2, 0.25) is 0 Å². The first-order valence-corrected chi connectivity index (χ1v) is 10.2. The van der Waals surface area contributed by atoms with Gasteiger partial charge in [-0.15, -0.1) is 0 Å². The summed E-state index contributed by atoms with van der Waals surface area (Å²) in [6.45, 7) is 6.06. The summed E-state index contributed by atoms with van der Waals surface area (Å²) in [5.41, 5.74) is 3.61. The third kappa shape index (κ3) is 4.24. The number of carbonyl (C=O) groups excluding carboxylic acids is 1. The Morgan fingerprint density at radius 2 is 1.87 bits per heavy atom. The lowest BCUT2D eigenvalue weighted by Gasteiger charge is -2.20. The number of ether oxygens (including phenoxy) is 1. The summed E-state index contributed by atoms with van der Waals surface area (Å²) in [6, 6.07) is 18.5. The smallest absolute Gasteiger partial charge is 0.257 e. The Balaban J connectivity index is 1.56. The van der Waals surface area contributed by atoms with Crippen LogP contribution in [0.3, 0.4) is 0 Å². The number of aromatic nitrogens is 1. The van der Waals surface area contributed by atoms with Crippen molar-refractivity contribution in [2.45, 2.75) is 32.4 Å². The predicted octanol–water partition coefficient (Wildman–Crippen LogP) is 3.70. The van der Waals surface area contributed by atoms with Gasteiger partial charge in [0.25, 0.3) is 5.91 Å². The molecule has 1 aliphatic rings. The van der Waals surface area contributed by atoms with Crippen molar-refractivity contribution in [3.8, 4) is 5.75 Å². The topological polar surface area (TPSA) is 67.6 Å². The molecule has 1 aromatic heterocycles. The van der Waals surface area contributed by atoms with Gasteiger partial charge in [0.1, 0.15) is 17.1 Å². The fourth-order valence-electron chi connectivity index (χ4n) is 4.24. The summed E-state index contributed by atoms with van der Waals surface area (Å²) in [6.07, 6.45) is 0. The average molecular weight is 405 g/mol. The molecule has 0 radical (unpaired) electrons. The highest BCUT2D eigenvalue weighted by atomic mass is 16.5. The number of carbonyl (C=O) groups is 1. The van der Waals surface area contributed by atoms with Crippen molar-refractivity contribution in [2.24, 2.45) is 0 Å².